The van der Waals surface area contributed by atoms with Crippen molar-refractivity contribution in [3.8, 4) is 17.5 Å². The highest BCUT2D eigenvalue weighted by molar-refractivity contribution is 6.33. The molecule has 7 nitrogen and oxygen atoms in total. The highest BCUT2D eigenvalue weighted by Gasteiger charge is 2.38. The largest absolute Gasteiger partial charge is 0.287 e. The third kappa shape index (κ3) is 2.00. The lowest BCUT2D eigenvalue weighted by atomic mass is 9.92. The van der Waals surface area contributed by atoms with Gasteiger partial charge in [-0.2, -0.15) is 15.2 Å². The molecule has 7 heteroatoms. The lowest BCUT2D eigenvalue weighted by Crippen LogP contribution is -2.20. The summed E-state index contributed by atoms with van der Waals surface area (Å²) in [7, 11) is 0. The molecule has 2 heterocycles. The van der Waals surface area contributed by atoms with Crippen LogP contribution < -0.4 is 0 Å². The maximum absolute atomic E-state index is 12.9. The van der Waals surface area contributed by atoms with Crippen LogP contribution in [-0.2, 0) is 6.42 Å². The second-order valence-electron chi connectivity index (χ2n) is 6.89. The van der Waals surface area contributed by atoms with Crippen molar-refractivity contribution < 1.29 is 4.79 Å². The molecule has 5 rings (SSSR count). The number of rotatable bonds is 3. The van der Waals surface area contributed by atoms with Gasteiger partial charge < -0.3 is 0 Å². The number of allylic oxidation sites excluding steroid dienone is 2. The SMILES string of the molecule is N#CCC(C1CCCC1)n1nc2c(n1)-c1ncnc3c1C(=CC3)C2=O. The topological polar surface area (TPSA) is 97.3 Å². The van der Waals surface area contributed by atoms with E-state index in [4.69, 9.17) is 0 Å². The normalized spacial score (nSPS) is 19.3. The van der Waals surface area contributed by atoms with Crippen molar-refractivity contribution in [2.24, 2.45) is 5.92 Å². The van der Waals surface area contributed by atoms with E-state index in [1.165, 1.54) is 19.2 Å². The molecule has 1 saturated carbocycles. The fraction of sp³-hybridized carbons (Fsp3) is 0.444. The molecule has 0 amide bonds. The molecule has 0 aromatic carbocycles. The first-order valence-corrected chi connectivity index (χ1v) is 8.71. The minimum absolute atomic E-state index is 0.0778. The molecule has 1 unspecified atom stereocenters. The summed E-state index contributed by atoms with van der Waals surface area (Å²) in [6.07, 6.45) is 8.95. The summed E-state index contributed by atoms with van der Waals surface area (Å²) < 4.78 is 0. The third-order valence-electron chi connectivity index (χ3n) is 5.55. The van der Waals surface area contributed by atoms with Gasteiger partial charge >= 0.3 is 0 Å². The van der Waals surface area contributed by atoms with Gasteiger partial charge in [-0.25, -0.2) is 9.97 Å². The fourth-order valence-corrected chi connectivity index (χ4v) is 4.33. The number of hydrogen-bond acceptors (Lipinski definition) is 6. The molecule has 0 saturated heterocycles. The number of hydrogen-bond donors (Lipinski definition) is 0. The summed E-state index contributed by atoms with van der Waals surface area (Å²) in [6.45, 7) is 0. The molecule has 25 heavy (non-hydrogen) atoms. The van der Waals surface area contributed by atoms with Gasteiger partial charge in [0.15, 0.2) is 5.69 Å². The quantitative estimate of drug-likeness (QED) is 0.856. The zero-order chi connectivity index (χ0) is 17.0. The number of ketones is 1. The van der Waals surface area contributed by atoms with Crippen molar-refractivity contribution in [3.63, 3.8) is 0 Å². The molecule has 0 bridgehead atoms. The van der Waals surface area contributed by atoms with Crippen LogP contribution in [0, 0.1) is 17.2 Å². The number of fused-ring (bicyclic) bond motifs is 2. The van der Waals surface area contributed by atoms with Crippen molar-refractivity contribution in [3.05, 3.63) is 29.4 Å². The van der Waals surface area contributed by atoms with Crippen LogP contribution in [0.4, 0.5) is 0 Å². The Balaban J connectivity index is 1.65. The van der Waals surface area contributed by atoms with Gasteiger partial charge in [0.25, 0.3) is 0 Å². The maximum Gasteiger partial charge on any atom is 0.216 e. The lowest BCUT2D eigenvalue weighted by molar-refractivity contribution is 0.105. The molecular formula is C18H16N6O. The van der Waals surface area contributed by atoms with Crippen LogP contribution in [0.5, 0.6) is 0 Å². The number of carbonyl (C=O) groups is 1. The molecular weight excluding hydrogens is 316 g/mol. The Morgan fingerprint density at radius 1 is 1.20 bits per heavy atom. The number of nitriles is 1. The first-order valence-electron chi connectivity index (χ1n) is 8.71. The van der Waals surface area contributed by atoms with E-state index in [0.29, 0.717) is 41.4 Å². The molecule has 0 aliphatic heterocycles. The first kappa shape index (κ1) is 14.5. The van der Waals surface area contributed by atoms with Crippen molar-refractivity contribution >= 4 is 11.4 Å². The van der Waals surface area contributed by atoms with Gasteiger partial charge in [0.2, 0.25) is 5.78 Å². The summed E-state index contributed by atoms with van der Waals surface area (Å²) in [6, 6.07) is 2.18. The third-order valence-corrected chi connectivity index (χ3v) is 5.55. The van der Waals surface area contributed by atoms with Crippen LogP contribution in [0.1, 0.15) is 59.9 Å². The van der Waals surface area contributed by atoms with Crippen molar-refractivity contribution in [2.75, 3.05) is 0 Å². The molecule has 1 fully saturated rings. The molecule has 2 aromatic heterocycles. The van der Waals surface area contributed by atoms with E-state index >= 15 is 0 Å². The Bertz CT molecular complexity index is 960. The van der Waals surface area contributed by atoms with Crippen LogP contribution in [0.2, 0.25) is 0 Å². The van der Waals surface area contributed by atoms with E-state index in [0.717, 1.165) is 24.1 Å². The Labute approximate surface area is 144 Å². The molecule has 0 radical (unpaired) electrons. The highest BCUT2D eigenvalue weighted by atomic mass is 16.1. The van der Waals surface area contributed by atoms with Gasteiger partial charge in [0, 0.05) is 17.6 Å². The van der Waals surface area contributed by atoms with Crippen molar-refractivity contribution in [2.45, 2.75) is 44.6 Å². The Morgan fingerprint density at radius 3 is 2.80 bits per heavy atom. The van der Waals surface area contributed by atoms with Crippen LogP contribution in [0.3, 0.4) is 0 Å². The molecule has 0 spiro atoms. The molecule has 3 aliphatic carbocycles. The van der Waals surface area contributed by atoms with Crippen molar-refractivity contribution in [1.29, 1.82) is 5.26 Å². The van der Waals surface area contributed by atoms with E-state index in [9.17, 15) is 10.1 Å². The van der Waals surface area contributed by atoms with Gasteiger partial charge in [0.1, 0.15) is 17.7 Å². The average molecular weight is 332 g/mol. The second kappa shape index (κ2) is 5.31. The summed E-state index contributed by atoms with van der Waals surface area (Å²) in [5.41, 5.74) is 3.90. The average Bonchev–Trinajstić information content (AvgIpc) is 3.37. The van der Waals surface area contributed by atoms with Crippen LogP contribution >= 0.6 is 0 Å². The molecule has 2 aromatic rings. The number of Topliss-reactive ketones (excluding diaryl/α,β-unsaturated/α-hetero) is 1. The second-order valence-corrected chi connectivity index (χ2v) is 6.89. The Hall–Kier alpha value is -2.88. The van der Waals surface area contributed by atoms with E-state index in [1.54, 1.807) is 4.80 Å². The molecule has 124 valence electrons. The number of aromatic nitrogens is 5. The Morgan fingerprint density at radius 2 is 2.00 bits per heavy atom. The predicted molar refractivity (Wildman–Crippen MR) is 88.3 cm³/mol. The smallest absolute Gasteiger partial charge is 0.216 e. The van der Waals surface area contributed by atoms with Gasteiger partial charge in [0.05, 0.1) is 24.2 Å². The van der Waals surface area contributed by atoms with E-state index in [2.05, 4.69) is 26.2 Å². The van der Waals surface area contributed by atoms with Gasteiger partial charge in [-0.15, -0.1) is 5.10 Å². The Kier molecular flexibility index (Phi) is 3.07. The number of carbonyl (C=O) groups excluding carboxylic acids is 1. The summed E-state index contributed by atoms with van der Waals surface area (Å²) in [5, 5.41) is 18.4. The van der Waals surface area contributed by atoms with Gasteiger partial charge in [-0.05, 0) is 18.8 Å². The molecule has 1 atom stereocenters. The highest BCUT2D eigenvalue weighted by Crippen LogP contribution is 2.42. The minimum Gasteiger partial charge on any atom is -0.287 e. The monoisotopic (exact) mass is 332 g/mol. The van der Waals surface area contributed by atoms with Gasteiger partial charge in [-0.3, -0.25) is 4.79 Å². The summed E-state index contributed by atoms with van der Waals surface area (Å²) in [4.78, 5) is 23.1. The van der Waals surface area contributed by atoms with E-state index < -0.39 is 0 Å². The first-order chi connectivity index (χ1) is 12.3. The summed E-state index contributed by atoms with van der Waals surface area (Å²) >= 11 is 0. The fourth-order valence-electron chi connectivity index (χ4n) is 4.33. The lowest BCUT2D eigenvalue weighted by Gasteiger charge is -2.19. The van der Waals surface area contributed by atoms with Crippen LogP contribution in [0.15, 0.2) is 12.4 Å². The minimum atomic E-state index is -0.107. The van der Waals surface area contributed by atoms with Gasteiger partial charge in [-0.1, -0.05) is 18.9 Å². The number of nitrogens with zero attached hydrogens (tertiary/aromatic N) is 6. The molecule has 0 N–H and O–H groups in total. The zero-order valence-electron chi connectivity index (χ0n) is 13.6. The van der Waals surface area contributed by atoms with Crippen molar-refractivity contribution in [1.82, 2.24) is 25.0 Å². The van der Waals surface area contributed by atoms with E-state index in [-0.39, 0.29) is 11.8 Å². The zero-order valence-corrected chi connectivity index (χ0v) is 13.6. The van der Waals surface area contributed by atoms with Crippen LogP contribution in [0.25, 0.3) is 17.0 Å². The predicted octanol–water partition coefficient (Wildman–Crippen LogP) is 2.52. The standard InChI is InChI=1S/C18H16N6O/c19-8-7-13(10-3-1-2-4-10)24-22-16-15-14-11(18(25)17(16)23-24)5-6-12(14)20-9-21-15/h5,9-10,13H,1-4,6-7H2. The van der Waals surface area contributed by atoms with Crippen LogP contribution in [-0.4, -0.2) is 30.7 Å². The maximum atomic E-state index is 12.9. The molecule has 3 aliphatic rings. The summed E-state index contributed by atoms with van der Waals surface area (Å²) in [5.74, 6) is 0.288. The van der Waals surface area contributed by atoms with E-state index in [1.807, 2.05) is 6.08 Å².